The standard InChI is InChI=1S/C15H16N2O4S/c1-21-15(20)9-11(12-5-4-8-22-12)16-13(18)10-17-7-3-2-6-14(17)19/h2-8,11H,9-10H2,1H3,(H,16,18). The van der Waals surface area contributed by atoms with E-state index in [9.17, 15) is 14.4 Å². The summed E-state index contributed by atoms with van der Waals surface area (Å²) in [4.78, 5) is 36.1. The smallest absolute Gasteiger partial charge is 0.307 e. The SMILES string of the molecule is COC(=O)CC(NC(=O)Cn1ccccc1=O)c1cccs1. The van der Waals surface area contributed by atoms with Gasteiger partial charge in [-0.25, -0.2) is 0 Å². The zero-order valence-electron chi connectivity index (χ0n) is 12.0. The number of thiophene rings is 1. The summed E-state index contributed by atoms with van der Waals surface area (Å²) in [5, 5.41) is 4.64. The van der Waals surface area contributed by atoms with Gasteiger partial charge in [-0.1, -0.05) is 12.1 Å². The lowest BCUT2D eigenvalue weighted by atomic mass is 10.1. The van der Waals surface area contributed by atoms with Crippen LogP contribution in [-0.4, -0.2) is 23.6 Å². The third kappa shape index (κ3) is 4.29. The summed E-state index contributed by atoms with van der Waals surface area (Å²) in [7, 11) is 1.30. The molecule has 7 heteroatoms. The predicted octanol–water partition coefficient (Wildman–Crippen LogP) is 1.33. The van der Waals surface area contributed by atoms with Crippen LogP contribution in [0.4, 0.5) is 0 Å². The van der Waals surface area contributed by atoms with E-state index in [1.165, 1.54) is 29.1 Å². The molecule has 22 heavy (non-hydrogen) atoms. The third-order valence-electron chi connectivity index (χ3n) is 3.03. The molecule has 1 amide bonds. The van der Waals surface area contributed by atoms with Crippen molar-refractivity contribution < 1.29 is 14.3 Å². The first-order valence-corrected chi connectivity index (χ1v) is 7.53. The number of esters is 1. The minimum atomic E-state index is -0.459. The number of carbonyl (C=O) groups excluding carboxylic acids is 2. The van der Waals surface area contributed by atoms with Crippen LogP contribution >= 0.6 is 11.3 Å². The fourth-order valence-corrected chi connectivity index (χ4v) is 2.73. The van der Waals surface area contributed by atoms with Gasteiger partial charge in [0.05, 0.1) is 19.6 Å². The van der Waals surface area contributed by atoms with Crippen LogP contribution in [0.2, 0.25) is 0 Å². The molecule has 116 valence electrons. The fourth-order valence-electron chi connectivity index (χ4n) is 1.95. The van der Waals surface area contributed by atoms with Gasteiger partial charge < -0.3 is 14.6 Å². The van der Waals surface area contributed by atoms with Crippen molar-refractivity contribution in [2.45, 2.75) is 19.0 Å². The van der Waals surface area contributed by atoms with E-state index in [4.69, 9.17) is 0 Å². The van der Waals surface area contributed by atoms with Crippen LogP contribution < -0.4 is 10.9 Å². The molecule has 0 aliphatic carbocycles. The molecule has 0 spiro atoms. The Kier molecular flexibility index (Phi) is 5.48. The van der Waals surface area contributed by atoms with Crippen molar-refractivity contribution in [3.05, 3.63) is 57.1 Å². The van der Waals surface area contributed by atoms with Gasteiger partial charge in [0.25, 0.3) is 5.56 Å². The highest BCUT2D eigenvalue weighted by Crippen LogP contribution is 2.22. The van der Waals surface area contributed by atoms with Gasteiger partial charge in [-0.15, -0.1) is 11.3 Å². The Morgan fingerprint density at radius 3 is 2.77 bits per heavy atom. The summed E-state index contributed by atoms with van der Waals surface area (Å²) < 4.78 is 5.96. The number of aromatic nitrogens is 1. The number of hydrogen-bond acceptors (Lipinski definition) is 5. The largest absolute Gasteiger partial charge is 0.469 e. The number of methoxy groups -OCH3 is 1. The predicted molar refractivity (Wildman–Crippen MR) is 82.5 cm³/mol. The number of rotatable bonds is 6. The van der Waals surface area contributed by atoms with Crippen LogP contribution in [0.25, 0.3) is 0 Å². The number of carbonyl (C=O) groups is 2. The summed E-state index contributed by atoms with van der Waals surface area (Å²) in [5.74, 6) is -0.744. The highest BCUT2D eigenvalue weighted by atomic mass is 32.1. The summed E-state index contributed by atoms with van der Waals surface area (Å²) in [6.45, 7) is -0.0945. The molecule has 0 saturated carbocycles. The van der Waals surface area contributed by atoms with Crippen molar-refractivity contribution in [3.8, 4) is 0 Å². The summed E-state index contributed by atoms with van der Waals surface area (Å²) in [6.07, 6.45) is 1.59. The second-order valence-corrected chi connectivity index (χ2v) is 5.56. The van der Waals surface area contributed by atoms with Crippen molar-refractivity contribution in [1.29, 1.82) is 0 Å². The highest BCUT2D eigenvalue weighted by molar-refractivity contribution is 7.10. The second-order valence-electron chi connectivity index (χ2n) is 4.58. The molecule has 2 heterocycles. The molecule has 0 aliphatic rings. The van der Waals surface area contributed by atoms with E-state index in [1.54, 1.807) is 18.3 Å². The molecule has 0 aliphatic heterocycles. The monoisotopic (exact) mass is 320 g/mol. The lowest BCUT2D eigenvalue weighted by Crippen LogP contribution is -2.35. The van der Waals surface area contributed by atoms with Crippen LogP contribution in [0.5, 0.6) is 0 Å². The lowest BCUT2D eigenvalue weighted by molar-refractivity contribution is -0.141. The fraction of sp³-hybridized carbons (Fsp3) is 0.267. The molecule has 2 rings (SSSR count). The van der Waals surface area contributed by atoms with E-state index >= 15 is 0 Å². The van der Waals surface area contributed by atoms with E-state index < -0.39 is 12.0 Å². The summed E-state index contributed by atoms with van der Waals surface area (Å²) >= 11 is 1.44. The van der Waals surface area contributed by atoms with Gasteiger partial charge in [0.2, 0.25) is 5.91 Å². The van der Waals surface area contributed by atoms with Gasteiger partial charge in [-0.3, -0.25) is 14.4 Å². The van der Waals surface area contributed by atoms with E-state index in [0.717, 1.165) is 4.88 Å². The molecule has 0 saturated heterocycles. The van der Waals surface area contributed by atoms with Crippen molar-refractivity contribution in [3.63, 3.8) is 0 Å². The molecule has 1 unspecified atom stereocenters. The Morgan fingerprint density at radius 2 is 2.14 bits per heavy atom. The van der Waals surface area contributed by atoms with E-state index in [0.29, 0.717) is 0 Å². The summed E-state index contributed by atoms with van der Waals surface area (Å²) in [6, 6.07) is 7.91. The summed E-state index contributed by atoms with van der Waals surface area (Å²) in [5.41, 5.74) is -0.252. The van der Waals surface area contributed by atoms with Gasteiger partial charge in [-0.05, 0) is 17.5 Å². The average molecular weight is 320 g/mol. The van der Waals surface area contributed by atoms with E-state index in [2.05, 4.69) is 10.1 Å². The molecule has 1 atom stereocenters. The molecular weight excluding hydrogens is 304 g/mol. The number of nitrogens with zero attached hydrogens (tertiary/aromatic N) is 1. The van der Waals surface area contributed by atoms with Crippen LogP contribution in [0, 0.1) is 0 Å². The average Bonchev–Trinajstić information content (AvgIpc) is 3.03. The van der Waals surface area contributed by atoms with E-state index in [-0.39, 0.29) is 24.4 Å². The van der Waals surface area contributed by atoms with Crippen LogP contribution in [0.3, 0.4) is 0 Å². The minimum absolute atomic E-state index is 0.0481. The maximum atomic E-state index is 12.1. The van der Waals surface area contributed by atoms with Crippen LogP contribution in [-0.2, 0) is 20.9 Å². The Hall–Kier alpha value is -2.41. The molecule has 1 N–H and O–H groups in total. The molecule has 2 aromatic rings. The number of nitrogens with one attached hydrogen (secondary N) is 1. The van der Waals surface area contributed by atoms with Gasteiger partial charge in [-0.2, -0.15) is 0 Å². The maximum Gasteiger partial charge on any atom is 0.307 e. The van der Waals surface area contributed by atoms with Gasteiger partial charge in [0.1, 0.15) is 6.54 Å². The quantitative estimate of drug-likeness (QED) is 0.815. The number of pyridine rings is 1. The van der Waals surface area contributed by atoms with Gasteiger partial charge in [0, 0.05) is 17.1 Å². The van der Waals surface area contributed by atoms with Crippen molar-refractivity contribution in [1.82, 2.24) is 9.88 Å². The first kappa shape index (κ1) is 16.0. The lowest BCUT2D eigenvalue weighted by Gasteiger charge is -2.16. The van der Waals surface area contributed by atoms with E-state index in [1.807, 2.05) is 17.5 Å². The molecular formula is C15H16N2O4S. The zero-order valence-corrected chi connectivity index (χ0v) is 12.8. The third-order valence-corrected chi connectivity index (χ3v) is 4.02. The number of ether oxygens (including phenoxy) is 1. The maximum absolute atomic E-state index is 12.1. The Balaban J connectivity index is 2.06. The zero-order chi connectivity index (χ0) is 15.9. The Morgan fingerprint density at radius 1 is 1.32 bits per heavy atom. The number of amides is 1. The van der Waals surface area contributed by atoms with Crippen LogP contribution in [0.1, 0.15) is 17.3 Å². The number of hydrogen-bond donors (Lipinski definition) is 1. The topological polar surface area (TPSA) is 77.4 Å². The Bertz CT molecular complexity index is 694. The van der Waals surface area contributed by atoms with Crippen molar-refractivity contribution in [2.24, 2.45) is 0 Å². The highest BCUT2D eigenvalue weighted by Gasteiger charge is 2.20. The first-order chi connectivity index (χ1) is 10.6. The van der Waals surface area contributed by atoms with Crippen LogP contribution in [0.15, 0.2) is 46.7 Å². The van der Waals surface area contributed by atoms with Gasteiger partial charge in [0.15, 0.2) is 0 Å². The molecule has 0 fully saturated rings. The molecule has 6 nitrogen and oxygen atoms in total. The molecule has 2 aromatic heterocycles. The molecule has 0 radical (unpaired) electrons. The second kappa shape index (κ2) is 7.56. The van der Waals surface area contributed by atoms with Crippen molar-refractivity contribution >= 4 is 23.2 Å². The molecule has 0 bridgehead atoms. The minimum Gasteiger partial charge on any atom is -0.469 e. The normalized spacial score (nSPS) is 11.7. The first-order valence-electron chi connectivity index (χ1n) is 6.65. The molecule has 0 aromatic carbocycles. The van der Waals surface area contributed by atoms with Gasteiger partial charge >= 0.3 is 5.97 Å². The van der Waals surface area contributed by atoms with Crippen molar-refractivity contribution in [2.75, 3.05) is 7.11 Å². The Labute approximate surface area is 131 Å².